The van der Waals surface area contributed by atoms with Crippen molar-refractivity contribution in [3.05, 3.63) is 0 Å². The Morgan fingerprint density at radius 3 is 2.25 bits per heavy atom. The van der Waals surface area contributed by atoms with E-state index in [1.807, 2.05) is 0 Å². The molecule has 1 N–H and O–H groups in total. The van der Waals surface area contributed by atoms with Crippen molar-refractivity contribution in [1.29, 1.82) is 0 Å². The Kier molecular flexibility index (Phi) is 2.81. The van der Waals surface area contributed by atoms with E-state index in [0.717, 1.165) is 0 Å². The van der Waals surface area contributed by atoms with Crippen molar-refractivity contribution < 1.29 is 0 Å². The fraction of sp³-hybridized carbons (Fsp3) is 0.500. The van der Waals surface area contributed by atoms with Gasteiger partial charge in [-0.2, -0.15) is 0 Å². The van der Waals surface area contributed by atoms with E-state index < -0.39 is 0 Å². The molecule has 0 aromatic carbocycles. The second-order valence-corrected chi connectivity index (χ2v) is 0.556. The zero-order chi connectivity index (χ0) is 3.41. The summed E-state index contributed by atoms with van der Waals surface area (Å²) in [6.07, 6.45) is 0. The molecule has 0 fully saturated rings. The maximum atomic E-state index is 4.19. The molecule has 0 aromatic rings. The number of hydrogen-bond donors (Lipinski definition) is 1. The molecule has 0 rings (SSSR count). The maximum absolute atomic E-state index is 4.19. The molecular formula is C2H4NS. The third-order valence-corrected chi connectivity index (χ3v) is 0.306. The maximum Gasteiger partial charge on any atom is 0.133 e. The van der Waals surface area contributed by atoms with Gasteiger partial charge < -0.3 is 5.32 Å². The topological polar surface area (TPSA) is 12.0 Å². The normalized spacial score (nSPS) is 5.25. The lowest BCUT2D eigenvalue weighted by Crippen LogP contribution is -1.95. The summed E-state index contributed by atoms with van der Waals surface area (Å²) in [6, 6.07) is 0. The molecule has 0 bridgehead atoms. The Morgan fingerprint density at radius 1 is 2.00 bits per heavy atom. The number of thiocarbonyl (C=S) groups is 1. The average molecular weight is 74.1 g/mol. The van der Waals surface area contributed by atoms with Crippen molar-refractivity contribution in [2.45, 2.75) is 0 Å². The van der Waals surface area contributed by atoms with E-state index in [1.54, 1.807) is 7.05 Å². The zero-order valence-corrected chi connectivity index (χ0v) is 3.22. The summed E-state index contributed by atoms with van der Waals surface area (Å²) in [5, 5.41) is 2.50. The van der Waals surface area contributed by atoms with Crippen LogP contribution in [-0.2, 0) is 0 Å². The number of rotatable bonds is 1. The van der Waals surface area contributed by atoms with Crippen LogP contribution in [0, 0.1) is 0 Å². The van der Waals surface area contributed by atoms with E-state index in [4.69, 9.17) is 0 Å². The SMILES string of the molecule is CN[C]=S. The Balaban J connectivity index is 2.30. The molecule has 4 heavy (non-hydrogen) atoms. The Labute approximate surface area is 31.0 Å². The third-order valence-electron chi connectivity index (χ3n) is 0.102. The lowest BCUT2D eigenvalue weighted by atomic mass is 11.3. The van der Waals surface area contributed by atoms with Crippen LogP contribution in [0.2, 0.25) is 0 Å². The van der Waals surface area contributed by atoms with Crippen LogP contribution < -0.4 is 5.32 Å². The van der Waals surface area contributed by atoms with Crippen molar-refractivity contribution in [3.63, 3.8) is 0 Å². The van der Waals surface area contributed by atoms with Crippen LogP contribution >= 0.6 is 12.2 Å². The molecule has 0 heterocycles. The molecule has 0 atom stereocenters. The van der Waals surface area contributed by atoms with Crippen molar-refractivity contribution >= 4 is 17.7 Å². The molecule has 0 amide bonds. The lowest BCUT2D eigenvalue weighted by Gasteiger charge is -1.66. The highest BCUT2D eigenvalue weighted by atomic mass is 32.1. The van der Waals surface area contributed by atoms with Crippen LogP contribution in [0.15, 0.2) is 0 Å². The van der Waals surface area contributed by atoms with Gasteiger partial charge >= 0.3 is 0 Å². The molecule has 0 aliphatic carbocycles. The molecule has 0 aliphatic rings. The van der Waals surface area contributed by atoms with E-state index in [0.29, 0.717) is 0 Å². The highest BCUT2D eigenvalue weighted by Crippen LogP contribution is 1.28. The fourth-order valence-corrected chi connectivity index (χ4v) is 0. The monoisotopic (exact) mass is 74.0 g/mol. The van der Waals surface area contributed by atoms with Gasteiger partial charge in [0.2, 0.25) is 0 Å². The Morgan fingerprint density at radius 2 is 2.25 bits per heavy atom. The van der Waals surface area contributed by atoms with E-state index in [9.17, 15) is 0 Å². The summed E-state index contributed by atoms with van der Waals surface area (Å²) >= 11 is 4.19. The lowest BCUT2D eigenvalue weighted by molar-refractivity contribution is 1.24. The van der Waals surface area contributed by atoms with Gasteiger partial charge in [-0.1, -0.05) is 12.2 Å². The van der Waals surface area contributed by atoms with Gasteiger partial charge in [0, 0.05) is 7.05 Å². The van der Waals surface area contributed by atoms with Crippen molar-refractivity contribution in [2.24, 2.45) is 0 Å². The summed E-state index contributed by atoms with van der Waals surface area (Å²) in [7, 11) is 1.72. The molecule has 0 saturated carbocycles. The minimum Gasteiger partial charge on any atom is -0.377 e. The van der Waals surface area contributed by atoms with Crippen LogP contribution in [0.3, 0.4) is 0 Å². The van der Waals surface area contributed by atoms with Crippen LogP contribution in [0.5, 0.6) is 0 Å². The first kappa shape index (κ1) is 3.89. The molecule has 0 aliphatic heterocycles. The predicted octanol–water partition coefficient (Wildman–Crippen LogP) is 0.0400. The van der Waals surface area contributed by atoms with Gasteiger partial charge in [-0.3, -0.25) is 0 Å². The largest absolute Gasteiger partial charge is 0.377 e. The highest BCUT2D eigenvalue weighted by molar-refractivity contribution is 7.78. The quantitative estimate of drug-likeness (QED) is 0.348. The molecule has 23 valence electrons. The minimum absolute atomic E-state index is 1.72. The van der Waals surface area contributed by atoms with E-state index >= 15 is 0 Å². The molecular weight excluding hydrogens is 70.1 g/mol. The van der Waals surface area contributed by atoms with Gasteiger partial charge in [-0.05, 0) is 0 Å². The highest BCUT2D eigenvalue weighted by Gasteiger charge is 1.41. The fourth-order valence-electron chi connectivity index (χ4n) is 0. The summed E-state index contributed by atoms with van der Waals surface area (Å²) < 4.78 is 0. The molecule has 1 nitrogen and oxygen atoms in total. The molecule has 0 unspecified atom stereocenters. The van der Waals surface area contributed by atoms with Gasteiger partial charge in [0.15, 0.2) is 0 Å². The number of nitrogens with one attached hydrogen (secondary N) is 1. The van der Waals surface area contributed by atoms with Crippen molar-refractivity contribution in [1.82, 2.24) is 5.32 Å². The second kappa shape index (κ2) is 2.89. The van der Waals surface area contributed by atoms with Gasteiger partial charge in [-0.25, -0.2) is 0 Å². The zero-order valence-electron chi connectivity index (χ0n) is 2.41. The van der Waals surface area contributed by atoms with E-state index in [2.05, 4.69) is 23.0 Å². The summed E-state index contributed by atoms with van der Waals surface area (Å²) in [5.41, 5.74) is 2.26. The van der Waals surface area contributed by atoms with E-state index in [-0.39, 0.29) is 0 Å². The minimum atomic E-state index is 1.72. The van der Waals surface area contributed by atoms with Crippen LogP contribution in [-0.4, -0.2) is 12.5 Å². The smallest absolute Gasteiger partial charge is 0.133 e. The van der Waals surface area contributed by atoms with Crippen LogP contribution in [0.25, 0.3) is 0 Å². The predicted molar refractivity (Wildman–Crippen MR) is 21.7 cm³/mol. The molecule has 0 aromatic heterocycles. The van der Waals surface area contributed by atoms with Gasteiger partial charge in [0.1, 0.15) is 5.49 Å². The van der Waals surface area contributed by atoms with E-state index in [1.165, 1.54) is 0 Å². The first-order chi connectivity index (χ1) is 1.91. The molecule has 1 radical (unpaired) electrons. The van der Waals surface area contributed by atoms with Gasteiger partial charge in [0.05, 0.1) is 0 Å². The Hall–Kier alpha value is -0.110. The summed E-state index contributed by atoms with van der Waals surface area (Å²) in [6.45, 7) is 0. The van der Waals surface area contributed by atoms with Crippen LogP contribution in [0.1, 0.15) is 0 Å². The molecule has 2 heteroatoms. The number of hydrogen-bond acceptors (Lipinski definition) is 1. The average Bonchev–Trinajstić information content (AvgIpc) is 1.37. The standard InChI is InChI=1S/C2H4NS/c1-3-2-4/h1H3,(H,3,4). The first-order valence-corrected chi connectivity index (χ1v) is 1.36. The second-order valence-electron chi connectivity index (χ2n) is 0.352. The summed E-state index contributed by atoms with van der Waals surface area (Å²) in [4.78, 5) is 0. The molecule has 0 saturated heterocycles. The van der Waals surface area contributed by atoms with Gasteiger partial charge in [0.25, 0.3) is 0 Å². The van der Waals surface area contributed by atoms with Gasteiger partial charge in [-0.15, -0.1) is 0 Å². The van der Waals surface area contributed by atoms with Crippen LogP contribution in [0.4, 0.5) is 0 Å². The molecule has 0 spiro atoms. The van der Waals surface area contributed by atoms with Crippen molar-refractivity contribution in [2.75, 3.05) is 7.05 Å². The summed E-state index contributed by atoms with van der Waals surface area (Å²) in [5.74, 6) is 0. The first-order valence-electron chi connectivity index (χ1n) is 0.954. The van der Waals surface area contributed by atoms with Crippen molar-refractivity contribution in [3.8, 4) is 0 Å². The Bertz CT molecular complexity index is 20.0. The third kappa shape index (κ3) is 1.89.